The Morgan fingerprint density at radius 2 is 1.63 bits per heavy atom. The summed E-state index contributed by atoms with van der Waals surface area (Å²) in [5.74, 6) is 0. The molecule has 1 aromatic heterocycles. The predicted molar refractivity (Wildman–Crippen MR) is 112 cm³/mol. The minimum atomic E-state index is -1.33. The average molecular weight is 409 g/mol. The molecular weight excluding hydrogens is 386 g/mol. The van der Waals surface area contributed by atoms with E-state index >= 15 is 0 Å². The third-order valence-corrected chi connectivity index (χ3v) is 5.39. The molecule has 3 N–H and O–H groups in total. The number of aromatic nitrogens is 2. The number of nitrogens with zero attached hydrogens (tertiary/aromatic N) is 2. The van der Waals surface area contributed by atoms with Crippen LogP contribution < -0.4 is 16.1 Å². The van der Waals surface area contributed by atoms with E-state index in [0.29, 0.717) is 0 Å². The van der Waals surface area contributed by atoms with Gasteiger partial charge in [-0.15, -0.1) is 0 Å². The van der Waals surface area contributed by atoms with Crippen molar-refractivity contribution < 1.29 is 14.9 Å². The van der Waals surface area contributed by atoms with Gasteiger partial charge in [0.15, 0.2) is 0 Å². The zero-order valence-electron chi connectivity index (χ0n) is 16.2. The highest BCUT2D eigenvalue weighted by Crippen LogP contribution is 2.39. The molecule has 0 unspecified atom stereocenters. The molecule has 1 aliphatic heterocycles. The van der Waals surface area contributed by atoms with Crippen molar-refractivity contribution in [2.75, 3.05) is 18.1 Å². The first-order valence-electron chi connectivity index (χ1n) is 9.68. The van der Waals surface area contributed by atoms with Crippen LogP contribution in [-0.4, -0.2) is 44.6 Å². The van der Waals surface area contributed by atoms with E-state index in [2.05, 4.69) is 4.98 Å². The van der Waals surface area contributed by atoms with Crippen molar-refractivity contribution in [2.24, 2.45) is 0 Å². The van der Waals surface area contributed by atoms with Gasteiger partial charge in [0.05, 0.1) is 19.3 Å². The van der Waals surface area contributed by atoms with E-state index in [9.17, 15) is 19.8 Å². The van der Waals surface area contributed by atoms with E-state index in [1.807, 2.05) is 65.6 Å². The summed E-state index contributed by atoms with van der Waals surface area (Å²) >= 11 is 0. The molecular formula is C22H23N3O5. The Hall–Kier alpha value is -3.20. The van der Waals surface area contributed by atoms with Crippen LogP contribution in [0.25, 0.3) is 0 Å². The number of anilines is 2. The maximum absolute atomic E-state index is 12.2. The molecule has 0 amide bonds. The van der Waals surface area contributed by atoms with Crippen LogP contribution in [0.1, 0.15) is 12.6 Å². The fourth-order valence-electron chi connectivity index (χ4n) is 3.78. The number of aromatic amines is 1. The Morgan fingerprint density at radius 1 is 1.03 bits per heavy atom. The van der Waals surface area contributed by atoms with Gasteiger partial charge in [-0.05, 0) is 24.3 Å². The second kappa shape index (κ2) is 8.27. The molecule has 2 heterocycles. The fraction of sp³-hybridized carbons (Fsp3) is 0.273. The first kappa shape index (κ1) is 20.1. The zero-order valence-corrected chi connectivity index (χ0v) is 16.2. The summed E-state index contributed by atoms with van der Waals surface area (Å²) in [6.45, 7) is -0.285. The lowest BCUT2D eigenvalue weighted by Crippen LogP contribution is -2.51. The van der Waals surface area contributed by atoms with Gasteiger partial charge in [0.1, 0.15) is 11.8 Å². The second-order valence-corrected chi connectivity index (χ2v) is 7.32. The predicted octanol–water partition coefficient (Wildman–Crippen LogP) is 1.39. The van der Waals surface area contributed by atoms with Crippen LogP contribution in [0, 0.1) is 0 Å². The SMILES string of the molecule is O=c1ccn([C@H]2C[C@H](O)[C@](CO)(CN(c3ccccc3)c3ccccc3)O2)c(=O)[nH]1. The van der Waals surface area contributed by atoms with Gasteiger partial charge in [0.2, 0.25) is 0 Å². The minimum Gasteiger partial charge on any atom is -0.393 e. The van der Waals surface area contributed by atoms with Crippen LogP contribution in [0.2, 0.25) is 0 Å². The number of para-hydroxylation sites is 2. The van der Waals surface area contributed by atoms with Gasteiger partial charge in [-0.25, -0.2) is 4.79 Å². The third-order valence-electron chi connectivity index (χ3n) is 5.39. The van der Waals surface area contributed by atoms with Crippen LogP contribution in [0.4, 0.5) is 11.4 Å². The summed E-state index contributed by atoms with van der Waals surface area (Å²) in [6.07, 6.45) is -0.409. The maximum atomic E-state index is 12.2. The molecule has 4 rings (SSSR count). The quantitative estimate of drug-likeness (QED) is 0.568. The van der Waals surface area contributed by atoms with Crippen molar-refractivity contribution in [1.29, 1.82) is 0 Å². The standard InChI is InChI=1S/C22H23N3O5/c26-15-22(18(27)13-20(30-22)24-12-11-19(28)23-21(24)29)14-25(16-7-3-1-4-8-16)17-9-5-2-6-10-17/h1-12,18,20,26-27H,13-15H2,(H,23,28,29)/t18-,20+,22+/m0/s1. The third kappa shape index (κ3) is 3.80. The van der Waals surface area contributed by atoms with Crippen LogP contribution in [-0.2, 0) is 4.74 Å². The normalized spacial score (nSPS) is 23.4. The number of hydrogen-bond donors (Lipinski definition) is 3. The topological polar surface area (TPSA) is 108 Å². The maximum Gasteiger partial charge on any atom is 0.330 e. The second-order valence-electron chi connectivity index (χ2n) is 7.32. The van der Waals surface area contributed by atoms with E-state index in [-0.39, 0.29) is 13.0 Å². The first-order valence-corrected chi connectivity index (χ1v) is 9.68. The molecule has 30 heavy (non-hydrogen) atoms. The van der Waals surface area contributed by atoms with Crippen molar-refractivity contribution >= 4 is 11.4 Å². The Morgan fingerprint density at radius 3 is 2.17 bits per heavy atom. The number of ether oxygens (including phenoxy) is 1. The monoisotopic (exact) mass is 409 g/mol. The molecule has 0 radical (unpaired) electrons. The van der Waals surface area contributed by atoms with E-state index in [1.165, 1.54) is 16.8 Å². The molecule has 8 heteroatoms. The van der Waals surface area contributed by atoms with Crippen LogP contribution in [0.15, 0.2) is 82.5 Å². The van der Waals surface area contributed by atoms with E-state index in [1.54, 1.807) is 0 Å². The van der Waals surface area contributed by atoms with Gasteiger partial charge in [-0.3, -0.25) is 14.3 Å². The fourth-order valence-corrected chi connectivity index (χ4v) is 3.78. The van der Waals surface area contributed by atoms with Gasteiger partial charge in [-0.2, -0.15) is 0 Å². The minimum absolute atomic E-state index is 0.101. The Labute approximate surface area is 172 Å². The highest BCUT2D eigenvalue weighted by atomic mass is 16.6. The summed E-state index contributed by atoms with van der Waals surface area (Å²) in [5, 5.41) is 21.1. The summed E-state index contributed by atoms with van der Waals surface area (Å²) in [4.78, 5) is 27.7. The average Bonchev–Trinajstić information content (AvgIpc) is 3.09. The smallest absolute Gasteiger partial charge is 0.330 e. The van der Waals surface area contributed by atoms with Gasteiger partial charge in [0, 0.05) is 30.1 Å². The van der Waals surface area contributed by atoms with Crippen molar-refractivity contribution in [2.45, 2.75) is 24.4 Å². The molecule has 3 atom stereocenters. The lowest BCUT2D eigenvalue weighted by atomic mass is 9.96. The number of hydrogen-bond acceptors (Lipinski definition) is 6. The van der Waals surface area contributed by atoms with Crippen LogP contribution >= 0.6 is 0 Å². The van der Waals surface area contributed by atoms with E-state index in [4.69, 9.17) is 4.74 Å². The summed E-state index contributed by atoms with van der Waals surface area (Å²) in [7, 11) is 0. The molecule has 2 aromatic carbocycles. The Bertz CT molecular complexity index is 1060. The van der Waals surface area contributed by atoms with Crippen molar-refractivity contribution in [1.82, 2.24) is 9.55 Å². The van der Waals surface area contributed by atoms with E-state index < -0.39 is 35.8 Å². The molecule has 1 fully saturated rings. The number of nitrogens with one attached hydrogen (secondary N) is 1. The molecule has 156 valence electrons. The Kier molecular flexibility index (Phi) is 5.54. The highest BCUT2D eigenvalue weighted by Gasteiger charge is 2.50. The zero-order chi connectivity index (χ0) is 21.1. The van der Waals surface area contributed by atoms with Gasteiger partial charge >= 0.3 is 5.69 Å². The molecule has 0 bridgehead atoms. The molecule has 0 saturated carbocycles. The number of rotatable bonds is 6. The van der Waals surface area contributed by atoms with Gasteiger partial charge in [0.25, 0.3) is 5.56 Å². The molecule has 8 nitrogen and oxygen atoms in total. The van der Waals surface area contributed by atoms with Crippen LogP contribution in [0.5, 0.6) is 0 Å². The summed E-state index contributed by atoms with van der Waals surface area (Å²) in [5.41, 5.74) is -0.723. The van der Waals surface area contributed by atoms with E-state index in [0.717, 1.165) is 11.4 Å². The van der Waals surface area contributed by atoms with Gasteiger partial charge < -0.3 is 19.8 Å². The van der Waals surface area contributed by atoms with Gasteiger partial charge in [-0.1, -0.05) is 36.4 Å². The van der Waals surface area contributed by atoms with Crippen LogP contribution in [0.3, 0.4) is 0 Å². The number of H-pyrrole nitrogens is 1. The molecule has 3 aromatic rings. The molecule has 1 saturated heterocycles. The molecule has 0 aliphatic carbocycles. The largest absolute Gasteiger partial charge is 0.393 e. The summed E-state index contributed by atoms with van der Waals surface area (Å²) in [6, 6.07) is 20.4. The number of aliphatic hydroxyl groups excluding tert-OH is 2. The number of aliphatic hydroxyl groups is 2. The van der Waals surface area contributed by atoms with Crippen molar-refractivity contribution in [3.05, 3.63) is 93.8 Å². The number of benzene rings is 2. The molecule has 1 aliphatic rings. The lowest BCUT2D eigenvalue weighted by Gasteiger charge is -2.37. The highest BCUT2D eigenvalue weighted by molar-refractivity contribution is 5.63. The first-order chi connectivity index (χ1) is 14.5. The lowest BCUT2D eigenvalue weighted by molar-refractivity contribution is -0.122. The molecule has 0 spiro atoms. The van der Waals surface area contributed by atoms with Crippen molar-refractivity contribution in [3.63, 3.8) is 0 Å². The Balaban J connectivity index is 1.69. The summed E-state index contributed by atoms with van der Waals surface area (Å²) < 4.78 is 7.31. The van der Waals surface area contributed by atoms with Crippen molar-refractivity contribution in [3.8, 4) is 0 Å².